The van der Waals surface area contributed by atoms with E-state index in [1.54, 1.807) is 0 Å². The standard InChI is InChI=1S/C36H43N3O3/c1-5-7-23-42-24-15-22-37-35(40)32(25(3)6-2)39-34(27-18-11-12-19-28(27)36(39)41)31-29-20-13-14-21-30(29)38(4)33(31)26-16-9-8-10-17-26/h8-14,16-21,25,32,34H,5-7,15,22-24H2,1-4H3,(H,37,40). The van der Waals surface area contributed by atoms with Gasteiger partial charge in [-0.05, 0) is 42.0 Å². The van der Waals surface area contributed by atoms with Crippen molar-refractivity contribution < 1.29 is 14.3 Å². The van der Waals surface area contributed by atoms with Crippen LogP contribution in [0.4, 0.5) is 0 Å². The molecule has 42 heavy (non-hydrogen) atoms. The molecule has 1 aromatic heterocycles. The van der Waals surface area contributed by atoms with Crippen molar-refractivity contribution in [1.82, 2.24) is 14.8 Å². The topological polar surface area (TPSA) is 63.6 Å². The minimum atomic E-state index is -0.622. The van der Waals surface area contributed by atoms with Crippen molar-refractivity contribution in [1.29, 1.82) is 0 Å². The number of amides is 2. The molecular weight excluding hydrogens is 522 g/mol. The number of aryl methyl sites for hydroxylation is 1. The molecule has 0 fully saturated rings. The number of nitrogens with zero attached hydrogens (tertiary/aromatic N) is 2. The maximum atomic E-state index is 14.3. The first-order valence-corrected chi connectivity index (χ1v) is 15.4. The second-order valence-electron chi connectivity index (χ2n) is 11.3. The molecule has 4 aromatic rings. The number of rotatable bonds is 13. The molecular formula is C36H43N3O3. The van der Waals surface area contributed by atoms with E-state index in [1.807, 2.05) is 53.4 Å². The van der Waals surface area contributed by atoms with Gasteiger partial charge < -0.3 is 19.5 Å². The van der Waals surface area contributed by atoms with E-state index in [2.05, 4.69) is 68.0 Å². The Bertz CT molecular complexity index is 1530. The summed E-state index contributed by atoms with van der Waals surface area (Å²) < 4.78 is 7.92. The van der Waals surface area contributed by atoms with Crippen molar-refractivity contribution in [3.63, 3.8) is 0 Å². The fourth-order valence-corrected chi connectivity index (χ4v) is 6.28. The third-order valence-corrected chi connectivity index (χ3v) is 8.62. The van der Waals surface area contributed by atoms with Gasteiger partial charge in [0.05, 0.1) is 11.7 Å². The summed E-state index contributed by atoms with van der Waals surface area (Å²) in [5, 5.41) is 4.24. The maximum absolute atomic E-state index is 14.3. The average Bonchev–Trinajstić information content (AvgIpc) is 3.47. The zero-order valence-corrected chi connectivity index (χ0v) is 25.3. The maximum Gasteiger partial charge on any atom is 0.255 e. The van der Waals surface area contributed by atoms with Crippen molar-refractivity contribution in [2.45, 2.75) is 58.5 Å². The predicted molar refractivity (Wildman–Crippen MR) is 169 cm³/mol. The van der Waals surface area contributed by atoms with Gasteiger partial charge in [0, 0.05) is 48.8 Å². The van der Waals surface area contributed by atoms with Gasteiger partial charge in [-0.3, -0.25) is 9.59 Å². The lowest BCUT2D eigenvalue weighted by Gasteiger charge is -2.36. The highest BCUT2D eigenvalue weighted by atomic mass is 16.5. The minimum Gasteiger partial charge on any atom is -0.381 e. The van der Waals surface area contributed by atoms with Gasteiger partial charge in [0.15, 0.2) is 0 Å². The Kier molecular flexibility index (Phi) is 9.43. The van der Waals surface area contributed by atoms with Crippen molar-refractivity contribution in [3.05, 3.63) is 95.6 Å². The van der Waals surface area contributed by atoms with Crippen LogP contribution in [-0.2, 0) is 16.6 Å². The van der Waals surface area contributed by atoms with Gasteiger partial charge in [-0.2, -0.15) is 0 Å². The first kappa shape index (κ1) is 29.6. The van der Waals surface area contributed by atoms with Gasteiger partial charge >= 0.3 is 0 Å². The number of carbonyl (C=O) groups excluding carboxylic acids is 2. The van der Waals surface area contributed by atoms with E-state index < -0.39 is 12.1 Å². The van der Waals surface area contributed by atoms with Crippen LogP contribution < -0.4 is 5.32 Å². The summed E-state index contributed by atoms with van der Waals surface area (Å²) >= 11 is 0. The highest BCUT2D eigenvalue weighted by Crippen LogP contribution is 2.48. The van der Waals surface area contributed by atoms with Crippen LogP contribution in [0.15, 0.2) is 78.9 Å². The van der Waals surface area contributed by atoms with E-state index in [1.165, 1.54) is 0 Å². The summed E-state index contributed by atoms with van der Waals surface area (Å²) in [4.78, 5) is 30.2. The van der Waals surface area contributed by atoms with E-state index in [-0.39, 0.29) is 17.7 Å². The quantitative estimate of drug-likeness (QED) is 0.176. The van der Waals surface area contributed by atoms with Crippen LogP contribution in [0.1, 0.15) is 74.0 Å². The van der Waals surface area contributed by atoms with Gasteiger partial charge in [-0.25, -0.2) is 0 Å². The van der Waals surface area contributed by atoms with Gasteiger partial charge in [0.25, 0.3) is 5.91 Å². The molecule has 0 bridgehead atoms. The van der Waals surface area contributed by atoms with Gasteiger partial charge in [-0.15, -0.1) is 0 Å². The number of aromatic nitrogens is 1. The lowest BCUT2D eigenvalue weighted by atomic mass is 9.90. The van der Waals surface area contributed by atoms with Crippen molar-refractivity contribution in [2.75, 3.05) is 19.8 Å². The zero-order valence-electron chi connectivity index (χ0n) is 25.3. The number of unbranched alkanes of at least 4 members (excludes halogenated alkanes) is 1. The molecule has 220 valence electrons. The molecule has 6 nitrogen and oxygen atoms in total. The van der Waals surface area contributed by atoms with E-state index >= 15 is 0 Å². The number of hydrogen-bond donors (Lipinski definition) is 1. The summed E-state index contributed by atoms with van der Waals surface area (Å²) in [5.74, 6) is -0.238. The summed E-state index contributed by atoms with van der Waals surface area (Å²) in [6.45, 7) is 8.18. The third kappa shape index (κ3) is 5.60. The highest BCUT2D eigenvalue weighted by Gasteiger charge is 2.47. The molecule has 3 atom stereocenters. The minimum absolute atomic E-state index is 0.0401. The Balaban J connectivity index is 1.60. The highest BCUT2D eigenvalue weighted by molar-refractivity contribution is 6.04. The number of hydrogen-bond acceptors (Lipinski definition) is 3. The molecule has 1 aliphatic heterocycles. The lowest BCUT2D eigenvalue weighted by molar-refractivity contribution is -0.127. The van der Waals surface area contributed by atoms with Crippen LogP contribution in [0.2, 0.25) is 0 Å². The molecule has 3 aromatic carbocycles. The van der Waals surface area contributed by atoms with Crippen molar-refractivity contribution in [2.24, 2.45) is 13.0 Å². The summed E-state index contributed by atoms with van der Waals surface area (Å²) in [5.41, 5.74) is 5.90. The first-order valence-electron chi connectivity index (χ1n) is 15.4. The Morgan fingerprint density at radius 1 is 0.929 bits per heavy atom. The molecule has 5 rings (SSSR count). The molecule has 0 spiro atoms. The van der Waals surface area contributed by atoms with Gasteiger partial charge in [0.2, 0.25) is 5.91 Å². The lowest BCUT2D eigenvalue weighted by Crippen LogP contribution is -2.52. The summed E-state index contributed by atoms with van der Waals surface area (Å²) in [6, 6.07) is 25.5. The normalized spacial score (nSPS) is 16.0. The monoisotopic (exact) mass is 565 g/mol. The van der Waals surface area contributed by atoms with Crippen LogP contribution in [0.25, 0.3) is 22.2 Å². The van der Waals surface area contributed by atoms with E-state index in [4.69, 9.17) is 4.74 Å². The first-order chi connectivity index (χ1) is 20.5. The Labute approximate surface area is 249 Å². The van der Waals surface area contributed by atoms with E-state index in [0.29, 0.717) is 18.7 Å². The van der Waals surface area contributed by atoms with E-state index in [0.717, 1.165) is 65.6 Å². The van der Waals surface area contributed by atoms with Crippen LogP contribution in [-0.4, -0.2) is 47.1 Å². The number of ether oxygens (including phenoxy) is 1. The predicted octanol–water partition coefficient (Wildman–Crippen LogP) is 7.13. The number of fused-ring (bicyclic) bond motifs is 2. The number of para-hydroxylation sites is 1. The third-order valence-electron chi connectivity index (χ3n) is 8.62. The molecule has 0 radical (unpaired) electrons. The SMILES string of the molecule is CCCCOCCCNC(=O)C(C(C)CC)N1C(=O)c2ccccc2C1c1c(-c2ccccc2)n(C)c2ccccc12. The summed E-state index contributed by atoms with van der Waals surface area (Å²) in [6.07, 6.45) is 3.65. The molecule has 2 heterocycles. The zero-order chi connectivity index (χ0) is 29.6. The molecule has 0 aliphatic carbocycles. The fraction of sp³-hybridized carbons (Fsp3) is 0.389. The van der Waals surface area contributed by atoms with E-state index in [9.17, 15) is 9.59 Å². The van der Waals surface area contributed by atoms with Gasteiger partial charge in [0.1, 0.15) is 6.04 Å². The van der Waals surface area contributed by atoms with Crippen LogP contribution >= 0.6 is 0 Å². The van der Waals surface area contributed by atoms with Crippen LogP contribution in [0.3, 0.4) is 0 Å². The second-order valence-corrected chi connectivity index (χ2v) is 11.3. The Morgan fingerprint density at radius 2 is 1.62 bits per heavy atom. The number of benzene rings is 3. The van der Waals surface area contributed by atoms with Crippen molar-refractivity contribution in [3.8, 4) is 11.3 Å². The molecule has 1 aliphatic rings. The molecule has 2 amide bonds. The molecule has 1 N–H and O–H groups in total. The molecule has 3 unspecified atom stereocenters. The van der Waals surface area contributed by atoms with Crippen LogP contribution in [0.5, 0.6) is 0 Å². The number of carbonyl (C=O) groups is 2. The molecule has 0 saturated heterocycles. The Morgan fingerprint density at radius 3 is 2.38 bits per heavy atom. The smallest absolute Gasteiger partial charge is 0.255 e. The Hall–Kier alpha value is -3.90. The summed E-state index contributed by atoms with van der Waals surface area (Å²) in [7, 11) is 2.09. The van der Waals surface area contributed by atoms with Crippen LogP contribution in [0, 0.1) is 5.92 Å². The molecule has 6 heteroatoms. The average molecular weight is 566 g/mol. The number of nitrogens with one attached hydrogen (secondary N) is 1. The molecule has 0 saturated carbocycles. The fourth-order valence-electron chi connectivity index (χ4n) is 6.28. The van der Waals surface area contributed by atoms with Crippen molar-refractivity contribution >= 4 is 22.7 Å². The second kappa shape index (κ2) is 13.4. The largest absolute Gasteiger partial charge is 0.381 e. The van der Waals surface area contributed by atoms with Gasteiger partial charge in [-0.1, -0.05) is 100 Å².